The van der Waals surface area contributed by atoms with Crippen LogP contribution in [0.15, 0.2) is 0 Å². The Balaban J connectivity index is -0.0000000233. The zero-order chi connectivity index (χ0) is 6.12. The lowest BCUT2D eigenvalue weighted by Gasteiger charge is -1.68. The van der Waals surface area contributed by atoms with Crippen molar-refractivity contribution in [2.45, 2.75) is 26.7 Å². The van der Waals surface area contributed by atoms with Gasteiger partial charge in [-0.1, -0.05) is 26.7 Å². The van der Waals surface area contributed by atoms with E-state index in [1.165, 1.54) is 12.8 Å². The Morgan fingerprint density at radius 3 is 1.11 bits per heavy atom. The molecule has 0 saturated heterocycles. The fraction of sp³-hybridized carbons (Fsp3) is 1.00. The summed E-state index contributed by atoms with van der Waals surface area (Å²) < 4.78 is 0. The lowest BCUT2D eigenvalue weighted by atomic mass is 10.4. The minimum Gasteiger partial charge on any atom is -0.412 e. The zero-order valence-corrected chi connectivity index (χ0v) is 7.91. The van der Waals surface area contributed by atoms with Gasteiger partial charge in [0, 0.05) is 0 Å². The molecule has 0 aromatic carbocycles. The molecule has 2 nitrogen and oxygen atoms in total. The first-order valence-corrected chi connectivity index (χ1v) is 2.91. The maximum absolute atomic E-state index is 2.75. The zero-order valence-electron chi connectivity index (χ0n) is 6.91. The van der Waals surface area contributed by atoms with E-state index < -0.39 is 0 Å². The van der Waals surface area contributed by atoms with E-state index in [-0.39, 0.29) is 19.0 Å². The van der Waals surface area contributed by atoms with Crippen LogP contribution in [0, 0.1) is 0 Å². The van der Waals surface area contributed by atoms with Gasteiger partial charge in [-0.15, -0.1) is 0 Å². The van der Waals surface area contributed by atoms with Gasteiger partial charge in [0.2, 0.25) is 0 Å². The molecule has 0 bridgehead atoms. The van der Waals surface area contributed by atoms with Gasteiger partial charge in [0.25, 0.3) is 0 Å². The Hall–Kier alpha value is 0.270. The SMILES string of the molecule is CCCC.CNC.O.S. The number of hydrogen-bond acceptors (Lipinski definition) is 1. The average Bonchev–Trinajstić information content (AvgIpc) is 1.69. The molecule has 0 aliphatic heterocycles. The second-order valence-electron chi connectivity index (χ2n) is 1.50. The highest BCUT2D eigenvalue weighted by atomic mass is 32.1. The third-order valence-electron chi connectivity index (χ3n) is 0.500. The van der Waals surface area contributed by atoms with E-state index in [4.69, 9.17) is 0 Å². The molecular weight excluding hydrogens is 134 g/mol. The summed E-state index contributed by atoms with van der Waals surface area (Å²) in [6, 6.07) is 0. The summed E-state index contributed by atoms with van der Waals surface area (Å²) in [6.07, 6.45) is 2.64. The number of rotatable bonds is 1. The Kier molecular flexibility index (Phi) is 104. The summed E-state index contributed by atoms with van der Waals surface area (Å²) in [5, 5.41) is 2.75. The van der Waals surface area contributed by atoms with Crippen LogP contribution in [0.25, 0.3) is 0 Å². The molecule has 0 amide bonds. The van der Waals surface area contributed by atoms with Gasteiger partial charge < -0.3 is 10.8 Å². The second kappa shape index (κ2) is 40.9. The fourth-order valence-electron chi connectivity index (χ4n) is 0. The van der Waals surface area contributed by atoms with Crippen LogP contribution in [0.1, 0.15) is 26.7 Å². The van der Waals surface area contributed by atoms with Gasteiger partial charge in [0.05, 0.1) is 0 Å². The van der Waals surface area contributed by atoms with E-state index in [1.54, 1.807) is 0 Å². The van der Waals surface area contributed by atoms with Gasteiger partial charge in [-0.2, -0.15) is 13.5 Å². The van der Waals surface area contributed by atoms with Crippen molar-refractivity contribution in [1.29, 1.82) is 0 Å². The van der Waals surface area contributed by atoms with Gasteiger partial charge in [-0.05, 0) is 14.1 Å². The molecule has 0 rings (SSSR count). The predicted octanol–water partition coefficient (Wildman–Crippen LogP) is 0.930. The van der Waals surface area contributed by atoms with E-state index in [9.17, 15) is 0 Å². The van der Waals surface area contributed by atoms with Crippen molar-refractivity contribution < 1.29 is 5.48 Å². The molecule has 0 heterocycles. The first kappa shape index (κ1) is 22.8. The summed E-state index contributed by atoms with van der Waals surface area (Å²) in [4.78, 5) is 0. The predicted molar refractivity (Wildman–Crippen MR) is 49.6 cm³/mol. The van der Waals surface area contributed by atoms with E-state index in [2.05, 4.69) is 19.2 Å². The third-order valence-corrected chi connectivity index (χ3v) is 0.500. The Morgan fingerprint density at radius 2 is 1.11 bits per heavy atom. The van der Waals surface area contributed by atoms with E-state index in [0.29, 0.717) is 0 Å². The van der Waals surface area contributed by atoms with Crippen LogP contribution in [0.3, 0.4) is 0 Å². The topological polar surface area (TPSA) is 43.5 Å². The largest absolute Gasteiger partial charge is 0.412 e. The van der Waals surface area contributed by atoms with Crippen molar-refractivity contribution in [3.8, 4) is 0 Å². The maximum atomic E-state index is 2.75. The standard InChI is InChI=1S/C4H10.C2H7N.H2O.H2S/c1-3-4-2;1-3-2;;/h3-4H2,1-2H3;3H,1-2H3;2*1H2. The molecular formula is C6H21NOS. The Morgan fingerprint density at radius 1 is 1.00 bits per heavy atom. The summed E-state index contributed by atoms with van der Waals surface area (Å²) in [5.74, 6) is 0. The van der Waals surface area contributed by atoms with Gasteiger partial charge in [0.1, 0.15) is 0 Å². The molecule has 3 N–H and O–H groups in total. The van der Waals surface area contributed by atoms with Gasteiger partial charge in [-0.25, -0.2) is 0 Å². The minimum atomic E-state index is 0. The smallest absolute Gasteiger partial charge is 0.0167 e. The molecule has 62 valence electrons. The number of unbranched alkanes of at least 4 members (excludes halogenated alkanes) is 1. The lowest BCUT2D eigenvalue weighted by molar-refractivity contribution is 0.824. The van der Waals surface area contributed by atoms with Crippen molar-refractivity contribution in [1.82, 2.24) is 5.32 Å². The normalized spacial score (nSPS) is 5.33. The van der Waals surface area contributed by atoms with E-state index >= 15 is 0 Å². The van der Waals surface area contributed by atoms with Gasteiger partial charge in [0.15, 0.2) is 0 Å². The minimum absolute atomic E-state index is 0. The average molecular weight is 155 g/mol. The van der Waals surface area contributed by atoms with Crippen molar-refractivity contribution in [3.05, 3.63) is 0 Å². The fourth-order valence-corrected chi connectivity index (χ4v) is 0. The monoisotopic (exact) mass is 155 g/mol. The molecule has 0 fully saturated rings. The van der Waals surface area contributed by atoms with Gasteiger partial charge >= 0.3 is 0 Å². The highest BCUT2D eigenvalue weighted by Gasteiger charge is 1.56. The van der Waals surface area contributed by atoms with Crippen molar-refractivity contribution >= 4 is 13.5 Å². The van der Waals surface area contributed by atoms with Crippen LogP contribution < -0.4 is 5.32 Å². The molecule has 0 saturated carbocycles. The molecule has 3 heteroatoms. The van der Waals surface area contributed by atoms with Crippen LogP contribution in [0.5, 0.6) is 0 Å². The third kappa shape index (κ3) is 202. The highest BCUT2D eigenvalue weighted by Crippen LogP contribution is 1.76. The molecule has 0 aromatic heterocycles. The summed E-state index contributed by atoms with van der Waals surface area (Å²) in [6.45, 7) is 4.36. The Bertz CT molecular complexity index is 20.5. The Labute approximate surface area is 65.8 Å². The van der Waals surface area contributed by atoms with Gasteiger partial charge in [-0.3, -0.25) is 0 Å². The summed E-state index contributed by atoms with van der Waals surface area (Å²) in [5.41, 5.74) is 0. The van der Waals surface area contributed by atoms with Crippen molar-refractivity contribution in [2.75, 3.05) is 14.1 Å². The molecule has 0 unspecified atom stereocenters. The van der Waals surface area contributed by atoms with Crippen LogP contribution in [-0.4, -0.2) is 19.6 Å². The van der Waals surface area contributed by atoms with E-state index in [1.807, 2.05) is 14.1 Å². The molecule has 0 aliphatic rings. The number of nitrogens with one attached hydrogen (secondary N) is 1. The second-order valence-corrected chi connectivity index (χ2v) is 1.50. The lowest BCUT2D eigenvalue weighted by Crippen LogP contribution is -1.89. The van der Waals surface area contributed by atoms with Crippen LogP contribution >= 0.6 is 13.5 Å². The highest BCUT2D eigenvalue weighted by molar-refractivity contribution is 7.59. The molecule has 0 atom stereocenters. The van der Waals surface area contributed by atoms with Crippen molar-refractivity contribution in [2.24, 2.45) is 0 Å². The van der Waals surface area contributed by atoms with Crippen LogP contribution in [-0.2, 0) is 0 Å². The van der Waals surface area contributed by atoms with Crippen LogP contribution in [0.4, 0.5) is 0 Å². The number of hydrogen-bond donors (Lipinski definition) is 1. The van der Waals surface area contributed by atoms with Crippen LogP contribution in [0.2, 0.25) is 0 Å². The molecule has 0 radical (unpaired) electrons. The van der Waals surface area contributed by atoms with Crippen molar-refractivity contribution in [3.63, 3.8) is 0 Å². The molecule has 0 spiro atoms. The molecule has 0 aromatic rings. The summed E-state index contributed by atoms with van der Waals surface area (Å²) >= 11 is 0. The van der Waals surface area contributed by atoms with E-state index in [0.717, 1.165) is 0 Å². The first-order valence-electron chi connectivity index (χ1n) is 2.91. The molecule has 9 heavy (non-hydrogen) atoms. The first-order chi connectivity index (χ1) is 3.33. The summed E-state index contributed by atoms with van der Waals surface area (Å²) in [7, 11) is 3.75. The molecule has 0 aliphatic carbocycles. The maximum Gasteiger partial charge on any atom is -0.0167 e. The quantitative estimate of drug-likeness (QED) is 0.601.